The van der Waals surface area contributed by atoms with Gasteiger partial charge in [-0.3, -0.25) is 4.79 Å². The van der Waals surface area contributed by atoms with Crippen molar-refractivity contribution in [1.82, 2.24) is 9.97 Å². The maximum absolute atomic E-state index is 13.1. The van der Waals surface area contributed by atoms with E-state index in [1.54, 1.807) is 6.07 Å². The van der Waals surface area contributed by atoms with Gasteiger partial charge >= 0.3 is 0 Å². The number of rotatable bonds is 4. The summed E-state index contributed by atoms with van der Waals surface area (Å²) in [5.41, 5.74) is 0.709. The van der Waals surface area contributed by atoms with Gasteiger partial charge in [0.2, 0.25) is 0 Å². The zero-order valence-electron chi connectivity index (χ0n) is 10.5. The van der Waals surface area contributed by atoms with Gasteiger partial charge in [0.15, 0.2) is 0 Å². The lowest BCUT2D eigenvalue weighted by Gasteiger charge is -2.06. The molecule has 1 N–H and O–H groups in total. The van der Waals surface area contributed by atoms with E-state index >= 15 is 0 Å². The van der Waals surface area contributed by atoms with Crippen LogP contribution in [0.1, 0.15) is 30.3 Å². The number of H-pyrrole nitrogens is 1. The zero-order chi connectivity index (χ0) is 14.1. The number of thioether (sulfide) groups is 1. The van der Waals surface area contributed by atoms with Gasteiger partial charge in [0.05, 0.1) is 11.4 Å². The van der Waals surface area contributed by atoms with Crippen LogP contribution in [0.25, 0.3) is 0 Å². The average molecular weight is 355 g/mol. The first-order valence-electron chi connectivity index (χ1n) is 6.30. The fourth-order valence-corrected chi connectivity index (χ4v) is 3.25. The van der Waals surface area contributed by atoms with Crippen LogP contribution in [0.3, 0.4) is 0 Å². The molecule has 3 rings (SSSR count). The molecule has 0 unspecified atom stereocenters. The molecule has 1 aliphatic carbocycles. The van der Waals surface area contributed by atoms with Crippen molar-refractivity contribution in [2.75, 3.05) is 0 Å². The molecule has 1 fully saturated rings. The summed E-state index contributed by atoms with van der Waals surface area (Å²) in [6.07, 6.45) is 2.18. The number of nitrogens with one attached hydrogen (secondary N) is 1. The number of hydrogen-bond acceptors (Lipinski definition) is 3. The third-order valence-corrected chi connectivity index (χ3v) is 4.84. The molecule has 0 atom stereocenters. The van der Waals surface area contributed by atoms with Gasteiger partial charge in [-0.15, -0.1) is 11.8 Å². The predicted octanol–water partition coefficient (Wildman–Crippen LogP) is 3.84. The van der Waals surface area contributed by atoms with Crippen molar-refractivity contribution in [2.45, 2.75) is 29.4 Å². The van der Waals surface area contributed by atoms with E-state index in [0.29, 0.717) is 22.0 Å². The summed E-state index contributed by atoms with van der Waals surface area (Å²) in [7, 11) is 0. The number of halogens is 2. The van der Waals surface area contributed by atoms with E-state index in [-0.39, 0.29) is 11.4 Å². The fourth-order valence-electron chi connectivity index (χ4n) is 1.93. The molecular formula is C14H12BrFN2OS. The number of nitrogens with zero attached hydrogens (tertiary/aromatic N) is 1. The largest absolute Gasteiger partial charge is 0.309 e. The van der Waals surface area contributed by atoms with Gasteiger partial charge in [0.1, 0.15) is 16.1 Å². The van der Waals surface area contributed by atoms with E-state index in [2.05, 4.69) is 25.9 Å². The van der Waals surface area contributed by atoms with E-state index in [9.17, 15) is 9.18 Å². The molecule has 104 valence electrons. The summed E-state index contributed by atoms with van der Waals surface area (Å²) in [6.45, 7) is 0. The summed E-state index contributed by atoms with van der Waals surface area (Å²) in [5, 5.41) is 0. The minimum Gasteiger partial charge on any atom is -0.309 e. The Labute approximate surface area is 128 Å². The first kappa shape index (κ1) is 13.8. The van der Waals surface area contributed by atoms with Crippen molar-refractivity contribution in [3.63, 3.8) is 0 Å². The van der Waals surface area contributed by atoms with E-state index in [1.165, 1.54) is 23.9 Å². The van der Waals surface area contributed by atoms with Crippen molar-refractivity contribution in [3.05, 3.63) is 56.4 Å². The van der Waals surface area contributed by atoms with Crippen LogP contribution in [0, 0.1) is 5.82 Å². The SMILES string of the molecule is O=c1[nH]c(CSc2cccc(F)c2)nc(C2CC2)c1Br. The highest BCUT2D eigenvalue weighted by Gasteiger charge is 2.28. The molecule has 1 aromatic heterocycles. The Kier molecular flexibility index (Phi) is 3.94. The highest BCUT2D eigenvalue weighted by atomic mass is 79.9. The van der Waals surface area contributed by atoms with Gasteiger partial charge < -0.3 is 4.98 Å². The summed E-state index contributed by atoms with van der Waals surface area (Å²) in [6, 6.07) is 6.40. The molecule has 3 nitrogen and oxygen atoms in total. The lowest BCUT2D eigenvalue weighted by molar-refractivity contribution is 0.624. The van der Waals surface area contributed by atoms with Crippen LogP contribution < -0.4 is 5.56 Å². The molecule has 1 saturated carbocycles. The van der Waals surface area contributed by atoms with Crippen LogP contribution in [0.5, 0.6) is 0 Å². The molecule has 1 heterocycles. The maximum atomic E-state index is 13.1. The van der Waals surface area contributed by atoms with E-state index in [1.807, 2.05) is 6.07 Å². The number of benzene rings is 1. The van der Waals surface area contributed by atoms with Crippen LogP contribution in [-0.4, -0.2) is 9.97 Å². The standard InChI is InChI=1S/C14H12BrFN2OS/c15-12-13(8-4-5-8)17-11(18-14(12)19)7-20-10-3-1-2-9(16)6-10/h1-3,6,8H,4-5,7H2,(H,17,18,19). The van der Waals surface area contributed by atoms with E-state index in [0.717, 1.165) is 23.4 Å². The van der Waals surface area contributed by atoms with Gasteiger partial charge in [-0.2, -0.15) is 0 Å². The second-order valence-electron chi connectivity index (χ2n) is 4.73. The van der Waals surface area contributed by atoms with Crippen molar-refractivity contribution in [2.24, 2.45) is 0 Å². The monoisotopic (exact) mass is 354 g/mol. The molecule has 0 aliphatic heterocycles. The van der Waals surface area contributed by atoms with Crippen molar-refractivity contribution in [3.8, 4) is 0 Å². The molecule has 1 aromatic carbocycles. The number of hydrogen-bond donors (Lipinski definition) is 1. The smallest absolute Gasteiger partial charge is 0.265 e. The Morgan fingerprint density at radius 1 is 1.45 bits per heavy atom. The molecule has 0 amide bonds. The molecule has 20 heavy (non-hydrogen) atoms. The minimum absolute atomic E-state index is 0.142. The Balaban J connectivity index is 1.79. The predicted molar refractivity (Wildman–Crippen MR) is 80.5 cm³/mol. The van der Waals surface area contributed by atoms with Crippen LogP contribution in [0.15, 0.2) is 38.4 Å². The van der Waals surface area contributed by atoms with Gasteiger partial charge in [-0.05, 0) is 47.0 Å². The quantitative estimate of drug-likeness (QED) is 0.848. The van der Waals surface area contributed by atoms with Gasteiger partial charge in [0.25, 0.3) is 5.56 Å². The van der Waals surface area contributed by atoms with Gasteiger partial charge in [0, 0.05) is 10.8 Å². The molecule has 6 heteroatoms. The molecule has 1 aliphatic rings. The van der Waals surface area contributed by atoms with E-state index in [4.69, 9.17) is 0 Å². The van der Waals surface area contributed by atoms with Gasteiger partial charge in [-0.1, -0.05) is 6.07 Å². The van der Waals surface area contributed by atoms with Gasteiger partial charge in [-0.25, -0.2) is 9.37 Å². The van der Waals surface area contributed by atoms with E-state index < -0.39 is 0 Å². The molecule has 0 saturated heterocycles. The van der Waals surface area contributed by atoms with Crippen molar-refractivity contribution in [1.29, 1.82) is 0 Å². The summed E-state index contributed by atoms with van der Waals surface area (Å²) in [4.78, 5) is 19.9. The first-order valence-corrected chi connectivity index (χ1v) is 8.08. The third-order valence-electron chi connectivity index (χ3n) is 3.07. The van der Waals surface area contributed by atoms with Crippen LogP contribution in [0.4, 0.5) is 4.39 Å². The Bertz CT molecular complexity index is 700. The zero-order valence-corrected chi connectivity index (χ0v) is 12.9. The summed E-state index contributed by atoms with van der Waals surface area (Å²) < 4.78 is 13.6. The summed E-state index contributed by atoms with van der Waals surface area (Å²) >= 11 is 4.75. The lowest BCUT2D eigenvalue weighted by Crippen LogP contribution is -2.14. The molecule has 0 spiro atoms. The Morgan fingerprint density at radius 2 is 2.25 bits per heavy atom. The molecule has 0 bridgehead atoms. The molecular weight excluding hydrogens is 343 g/mol. The maximum Gasteiger partial charge on any atom is 0.265 e. The topological polar surface area (TPSA) is 45.8 Å². The molecule has 0 radical (unpaired) electrons. The van der Waals surface area contributed by atoms with Crippen LogP contribution in [-0.2, 0) is 5.75 Å². The fraction of sp³-hybridized carbons (Fsp3) is 0.286. The number of aromatic nitrogens is 2. The Hall–Kier alpha value is -1.14. The first-order chi connectivity index (χ1) is 9.63. The number of aromatic amines is 1. The average Bonchev–Trinajstić information content (AvgIpc) is 3.24. The normalized spacial score (nSPS) is 14.5. The van der Waals surface area contributed by atoms with Crippen LogP contribution >= 0.6 is 27.7 Å². The lowest BCUT2D eigenvalue weighted by atomic mass is 10.3. The second kappa shape index (κ2) is 5.69. The minimum atomic E-state index is -0.258. The molecule has 2 aromatic rings. The van der Waals surface area contributed by atoms with Crippen molar-refractivity contribution < 1.29 is 4.39 Å². The second-order valence-corrected chi connectivity index (χ2v) is 6.57. The van der Waals surface area contributed by atoms with Crippen molar-refractivity contribution >= 4 is 27.7 Å². The highest BCUT2D eigenvalue weighted by molar-refractivity contribution is 9.10. The summed E-state index contributed by atoms with van der Waals surface area (Å²) in [5.74, 6) is 1.30. The van der Waals surface area contributed by atoms with Crippen LogP contribution in [0.2, 0.25) is 0 Å². The highest BCUT2D eigenvalue weighted by Crippen LogP contribution is 2.41. The third kappa shape index (κ3) is 3.12. The Morgan fingerprint density at radius 3 is 2.95 bits per heavy atom.